The van der Waals surface area contributed by atoms with Gasteiger partial charge in [0, 0.05) is 38.0 Å². The molecule has 2 N–H and O–H groups in total. The van der Waals surface area contributed by atoms with Crippen molar-refractivity contribution in [3.63, 3.8) is 0 Å². The normalized spacial score (nSPS) is 10.9. The number of hydrogen-bond donors (Lipinski definition) is 2. The van der Waals surface area contributed by atoms with Crippen molar-refractivity contribution in [2.45, 2.75) is 13.1 Å². The highest BCUT2D eigenvalue weighted by Gasteiger charge is 2.04. The van der Waals surface area contributed by atoms with Crippen LogP contribution in [0, 0.1) is 0 Å². The lowest BCUT2D eigenvalue weighted by molar-refractivity contribution is 0.358. The molecule has 2 aromatic rings. The number of nitrogens with zero attached hydrogens (tertiary/aromatic N) is 2. The third-order valence-corrected chi connectivity index (χ3v) is 3.47. The van der Waals surface area contributed by atoms with Crippen molar-refractivity contribution < 1.29 is 9.47 Å². The third-order valence-electron chi connectivity index (χ3n) is 3.47. The lowest BCUT2D eigenvalue weighted by Gasteiger charge is -2.14. The van der Waals surface area contributed by atoms with Gasteiger partial charge in [-0.15, -0.1) is 0 Å². The van der Waals surface area contributed by atoms with Crippen LogP contribution < -0.4 is 20.1 Å². The largest absolute Gasteiger partial charge is 0.489 e. The van der Waals surface area contributed by atoms with Crippen molar-refractivity contribution in [3.8, 4) is 11.6 Å². The zero-order chi connectivity index (χ0) is 17.9. The summed E-state index contributed by atoms with van der Waals surface area (Å²) in [5.41, 5.74) is 2.09. The Balaban J connectivity index is 1.88. The second-order valence-corrected chi connectivity index (χ2v) is 5.20. The van der Waals surface area contributed by atoms with Crippen molar-refractivity contribution in [3.05, 3.63) is 66.4 Å². The van der Waals surface area contributed by atoms with Crippen molar-refractivity contribution in [2.24, 2.45) is 4.99 Å². The van der Waals surface area contributed by atoms with Crippen LogP contribution in [0.5, 0.6) is 11.6 Å². The monoisotopic (exact) mass is 340 g/mol. The van der Waals surface area contributed by atoms with E-state index in [9.17, 15) is 0 Å². The molecule has 0 bridgehead atoms. The number of ether oxygens (including phenoxy) is 2. The molecule has 6 nitrogen and oxygen atoms in total. The molecule has 6 heteroatoms. The van der Waals surface area contributed by atoms with Crippen molar-refractivity contribution in [1.29, 1.82) is 0 Å². The number of hydrogen-bond acceptors (Lipinski definition) is 4. The lowest BCUT2D eigenvalue weighted by Crippen LogP contribution is -2.36. The molecule has 0 aliphatic carbocycles. The molecule has 132 valence electrons. The van der Waals surface area contributed by atoms with Gasteiger partial charge in [0.1, 0.15) is 12.4 Å². The minimum Gasteiger partial charge on any atom is -0.489 e. The second-order valence-electron chi connectivity index (χ2n) is 5.20. The fourth-order valence-corrected chi connectivity index (χ4v) is 2.16. The van der Waals surface area contributed by atoms with Crippen molar-refractivity contribution >= 4 is 5.96 Å². The molecule has 2 rings (SSSR count). The Morgan fingerprint density at radius 1 is 1.20 bits per heavy atom. The van der Waals surface area contributed by atoms with Crippen LogP contribution in [-0.4, -0.2) is 31.7 Å². The Hall–Kier alpha value is -3.02. The molecule has 1 aromatic carbocycles. The molecule has 1 aromatic heterocycles. The van der Waals surface area contributed by atoms with Crippen LogP contribution in [0.2, 0.25) is 0 Å². The van der Waals surface area contributed by atoms with Crippen molar-refractivity contribution in [1.82, 2.24) is 15.6 Å². The number of guanidine groups is 1. The molecule has 0 spiro atoms. The van der Waals surface area contributed by atoms with Crippen molar-refractivity contribution in [2.75, 3.05) is 20.8 Å². The van der Waals surface area contributed by atoms with E-state index in [4.69, 9.17) is 9.47 Å². The molecule has 0 fully saturated rings. The molecular formula is C19H24N4O2. The predicted molar refractivity (Wildman–Crippen MR) is 100.0 cm³/mol. The molecule has 25 heavy (non-hydrogen) atoms. The smallest absolute Gasteiger partial charge is 0.212 e. The fraction of sp³-hybridized carbons (Fsp3) is 0.263. The fourth-order valence-electron chi connectivity index (χ4n) is 2.16. The SMILES string of the molecule is C=CCOc1ccccc1CNC(=NC)NCc1ccc(OC)nc1. The Bertz CT molecular complexity index is 699. The van der Waals surface area contributed by atoms with Crippen LogP contribution in [0.3, 0.4) is 0 Å². The molecule has 0 unspecified atom stereocenters. The molecule has 0 radical (unpaired) electrons. The lowest BCUT2D eigenvalue weighted by atomic mass is 10.2. The number of rotatable bonds is 8. The van der Waals surface area contributed by atoms with Gasteiger partial charge in [0.2, 0.25) is 5.88 Å². The molecule has 0 atom stereocenters. The predicted octanol–water partition coefficient (Wildman–Crippen LogP) is 2.52. The summed E-state index contributed by atoms with van der Waals surface area (Å²) in [7, 11) is 3.34. The molecule has 1 heterocycles. The Labute approximate surface area is 148 Å². The van der Waals surface area contributed by atoms with Crippen LogP contribution >= 0.6 is 0 Å². The van der Waals surface area contributed by atoms with Gasteiger partial charge in [-0.1, -0.05) is 36.9 Å². The molecule has 0 saturated carbocycles. The zero-order valence-electron chi connectivity index (χ0n) is 14.7. The number of para-hydroxylation sites is 1. The van der Waals surface area contributed by atoms with E-state index < -0.39 is 0 Å². The summed E-state index contributed by atoms with van der Waals surface area (Å²) in [6.07, 6.45) is 3.51. The summed E-state index contributed by atoms with van der Waals surface area (Å²) in [6.45, 7) is 5.38. The maximum Gasteiger partial charge on any atom is 0.212 e. The molecule has 0 aliphatic rings. The van der Waals surface area contributed by atoms with Crippen LogP contribution in [0.25, 0.3) is 0 Å². The minimum atomic E-state index is 0.481. The summed E-state index contributed by atoms with van der Waals surface area (Å²) in [5, 5.41) is 6.54. The maximum atomic E-state index is 5.66. The van der Waals surface area contributed by atoms with Gasteiger partial charge in [-0.05, 0) is 11.6 Å². The first-order valence-electron chi connectivity index (χ1n) is 8.02. The number of pyridine rings is 1. The van der Waals surface area contributed by atoms with E-state index in [1.807, 2.05) is 36.4 Å². The molecule has 0 amide bonds. The van der Waals surface area contributed by atoms with Crippen LogP contribution in [0.15, 0.2) is 60.2 Å². The van der Waals surface area contributed by atoms with Gasteiger partial charge < -0.3 is 20.1 Å². The number of benzene rings is 1. The van der Waals surface area contributed by atoms with Gasteiger partial charge in [0.15, 0.2) is 5.96 Å². The second kappa shape index (κ2) is 9.97. The highest BCUT2D eigenvalue weighted by atomic mass is 16.5. The number of methoxy groups -OCH3 is 1. The van der Waals surface area contributed by atoms with Crippen LogP contribution in [0.4, 0.5) is 0 Å². The molecule has 0 saturated heterocycles. The summed E-state index contributed by atoms with van der Waals surface area (Å²) < 4.78 is 10.7. The first-order valence-corrected chi connectivity index (χ1v) is 8.02. The zero-order valence-corrected chi connectivity index (χ0v) is 14.7. The third kappa shape index (κ3) is 5.84. The highest BCUT2D eigenvalue weighted by molar-refractivity contribution is 5.79. The number of aromatic nitrogens is 1. The quantitative estimate of drug-likeness (QED) is 0.439. The summed E-state index contributed by atoms with van der Waals surface area (Å²) in [4.78, 5) is 8.42. The summed E-state index contributed by atoms with van der Waals surface area (Å²) in [6, 6.07) is 11.7. The van der Waals surface area contributed by atoms with Crippen LogP contribution in [-0.2, 0) is 13.1 Å². The Morgan fingerprint density at radius 3 is 2.68 bits per heavy atom. The standard InChI is InChI=1S/C19H24N4O2/c1-4-11-25-17-8-6-5-7-16(17)14-23-19(20-2)22-13-15-9-10-18(24-3)21-12-15/h4-10,12H,1,11,13-14H2,2-3H3,(H2,20,22,23). The highest BCUT2D eigenvalue weighted by Crippen LogP contribution is 2.17. The van der Waals surface area contributed by atoms with Gasteiger partial charge in [-0.3, -0.25) is 4.99 Å². The summed E-state index contributed by atoms with van der Waals surface area (Å²) in [5.74, 6) is 2.14. The maximum absolute atomic E-state index is 5.66. The number of aliphatic imine (C=N–C) groups is 1. The van der Waals surface area contributed by atoms with E-state index in [1.54, 1.807) is 26.4 Å². The molecular weight excluding hydrogens is 316 g/mol. The van der Waals surface area contributed by atoms with Gasteiger partial charge in [-0.25, -0.2) is 4.98 Å². The van der Waals surface area contributed by atoms with E-state index in [1.165, 1.54) is 0 Å². The van der Waals surface area contributed by atoms with Crippen LogP contribution in [0.1, 0.15) is 11.1 Å². The summed E-state index contributed by atoms with van der Waals surface area (Å²) >= 11 is 0. The topological polar surface area (TPSA) is 67.8 Å². The average Bonchev–Trinajstić information content (AvgIpc) is 2.67. The van der Waals surface area contributed by atoms with Gasteiger partial charge in [0.05, 0.1) is 7.11 Å². The van der Waals surface area contributed by atoms with E-state index in [0.717, 1.165) is 16.9 Å². The van der Waals surface area contributed by atoms with E-state index in [-0.39, 0.29) is 0 Å². The Morgan fingerprint density at radius 2 is 2.00 bits per heavy atom. The van der Waals surface area contributed by atoms with E-state index in [2.05, 4.69) is 27.2 Å². The first-order chi connectivity index (χ1) is 12.3. The van der Waals surface area contributed by atoms with E-state index >= 15 is 0 Å². The minimum absolute atomic E-state index is 0.481. The van der Waals surface area contributed by atoms with Gasteiger partial charge >= 0.3 is 0 Å². The average molecular weight is 340 g/mol. The van der Waals surface area contributed by atoms with Gasteiger partial charge in [0.25, 0.3) is 0 Å². The number of nitrogens with one attached hydrogen (secondary N) is 2. The molecule has 0 aliphatic heterocycles. The Kier molecular flexibility index (Phi) is 7.31. The van der Waals surface area contributed by atoms with Gasteiger partial charge in [-0.2, -0.15) is 0 Å². The first kappa shape index (κ1) is 18.3. The van der Waals surface area contributed by atoms with E-state index in [0.29, 0.717) is 31.5 Å².